The quantitative estimate of drug-likeness (QED) is 0.822. The van der Waals surface area contributed by atoms with Gasteiger partial charge in [-0.3, -0.25) is 9.69 Å². The van der Waals surface area contributed by atoms with Gasteiger partial charge in [-0.15, -0.1) is 11.3 Å². The van der Waals surface area contributed by atoms with E-state index in [0.717, 1.165) is 39.0 Å². The lowest BCUT2D eigenvalue weighted by Gasteiger charge is -2.42. The van der Waals surface area contributed by atoms with Crippen LogP contribution in [0.4, 0.5) is 10.1 Å². The summed E-state index contributed by atoms with van der Waals surface area (Å²) in [5.74, 6) is 0.245. The Balaban J connectivity index is 1.45. The van der Waals surface area contributed by atoms with Crippen molar-refractivity contribution in [1.82, 2.24) is 10.2 Å². The van der Waals surface area contributed by atoms with Crippen LogP contribution in [0, 0.1) is 11.7 Å². The lowest BCUT2D eigenvalue weighted by Crippen LogP contribution is -2.52. The third-order valence-corrected chi connectivity index (χ3v) is 6.47. The van der Waals surface area contributed by atoms with Crippen LogP contribution in [0.1, 0.15) is 30.7 Å². The standard InChI is InChI=1S/C21H26FN3OS/c1-15(23-21(26)16-8-9-16)20(19-7-4-14-27-19)25-12-10-24(11-13-25)18-6-3-2-5-17(18)22/h2-7,14-16,20H,8-13H2,1H3,(H,23,26)/t15-,20+/m0/s1. The molecule has 0 radical (unpaired) electrons. The average molecular weight is 388 g/mol. The van der Waals surface area contributed by atoms with Crippen LogP contribution in [-0.2, 0) is 4.79 Å². The number of amides is 1. The topological polar surface area (TPSA) is 35.6 Å². The van der Waals surface area contributed by atoms with Gasteiger partial charge < -0.3 is 10.2 Å². The van der Waals surface area contributed by atoms with Gasteiger partial charge in [-0.1, -0.05) is 18.2 Å². The Morgan fingerprint density at radius 3 is 2.52 bits per heavy atom. The molecule has 2 heterocycles. The first-order valence-corrected chi connectivity index (χ1v) is 10.6. The number of thiophene rings is 1. The van der Waals surface area contributed by atoms with Crippen LogP contribution in [-0.4, -0.2) is 43.0 Å². The summed E-state index contributed by atoms with van der Waals surface area (Å²) >= 11 is 1.74. The van der Waals surface area contributed by atoms with Gasteiger partial charge in [0.15, 0.2) is 0 Å². The van der Waals surface area contributed by atoms with E-state index >= 15 is 0 Å². The summed E-state index contributed by atoms with van der Waals surface area (Å²) in [6.07, 6.45) is 2.03. The van der Waals surface area contributed by atoms with Crippen LogP contribution in [0.15, 0.2) is 41.8 Å². The number of piperazine rings is 1. The number of hydrogen-bond donors (Lipinski definition) is 1. The highest BCUT2D eigenvalue weighted by atomic mass is 32.1. The number of carbonyl (C=O) groups is 1. The summed E-state index contributed by atoms with van der Waals surface area (Å²) in [4.78, 5) is 18.1. The Morgan fingerprint density at radius 1 is 1.15 bits per heavy atom. The summed E-state index contributed by atoms with van der Waals surface area (Å²) < 4.78 is 14.1. The van der Waals surface area contributed by atoms with Gasteiger partial charge in [0.05, 0.1) is 11.7 Å². The number of hydrogen-bond acceptors (Lipinski definition) is 4. The summed E-state index contributed by atoms with van der Waals surface area (Å²) in [6, 6.07) is 11.4. The zero-order valence-corrected chi connectivity index (χ0v) is 16.4. The number of nitrogens with one attached hydrogen (secondary N) is 1. The van der Waals surface area contributed by atoms with E-state index in [1.54, 1.807) is 17.4 Å². The Bertz CT molecular complexity index is 769. The van der Waals surface area contributed by atoms with E-state index in [4.69, 9.17) is 0 Å². The number of rotatable bonds is 6. The highest BCUT2D eigenvalue weighted by Crippen LogP contribution is 2.33. The molecule has 1 saturated carbocycles. The van der Waals surface area contributed by atoms with E-state index in [9.17, 15) is 9.18 Å². The SMILES string of the molecule is C[C@H](NC(=O)C1CC1)[C@H](c1cccs1)N1CCN(c2ccccc2F)CC1. The van der Waals surface area contributed by atoms with Gasteiger partial charge in [0.25, 0.3) is 0 Å². The first-order chi connectivity index (χ1) is 13.1. The maximum atomic E-state index is 14.1. The minimum atomic E-state index is -0.161. The number of anilines is 1. The highest BCUT2D eigenvalue weighted by Gasteiger charge is 2.35. The number of benzene rings is 1. The molecule has 1 aliphatic carbocycles. The average Bonchev–Trinajstić information content (AvgIpc) is 3.40. The molecule has 0 bridgehead atoms. The van der Waals surface area contributed by atoms with Gasteiger partial charge in [-0.05, 0) is 43.3 Å². The summed E-state index contributed by atoms with van der Waals surface area (Å²) in [7, 11) is 0. The van der Waals surface area contributed by atoms with Crippen molar-refractivity contribution in [2.75, 3.05) is 31.1 Å². The summed E-state index contributed by atoms with van der Waals surface area (Å²) in [5, 5.41) is 5.32. The Kier molecular flexibility index (Phi) is 5.45. The molecule has 0 unspecified atom stereocenters. The molecule has 2 atom stereocenters. The van der Waals surface area contributed by atoms with Crippen molar-refractivity contribution >= 4 is 22.9 Å². The molecule has 1 aromatic carbocycles. The normalized spacial score (nSPS) is 20.3. The van der Waals surface area contributed by atoms with Crippen molar-refractivity contribution in [3.63, 3.8) is 0 Å². The van der Waals surface area contributed by atoms with Crippen LogP contribution < -0.4 is 10.2 Å². The highest BCUT2D eigenvalue weighted by molar-refractivity contribution is 7.10. The molecule has 1 saturated heterocycles. The molecule has 1 N–H and O–H groups in total. The second kappa shape index (κ2) is 7.98. The van der Waals surface area contributed by atoms with Gasteiger partial charge in [-0.2, -0.15) is 0 Å². The Hall–Kier alpha value is -1.92. The maximum absolute atomic E-state index is 14.1. The van der Waals surface area contributed by atoms with Crippen LogP contribution >= 0.6 is 11.3 Å². The molecule has 2 fully saturated rings. The van der Waals surface area contributed by atoms with E-state index < -0.39 is 0 Å². The molecule has 4 nitrogen and oxygen atoms in total. The summed E-state index contributed by atoms with van der Waals surface area (Å²) in [5.41, 5.74) is 0.680. The van der Waals surface area contributed by atoms with Crippen molar-refractivity contribution in [1.29, 1.82) is 0 Å². The predicted molar refractivity (Wildman–Crippen MR) is 108 cm³/mol. The van der Waals surface area contributed by atoms with Crippen LogP contribution in [0.25, 0.3) is 0 Å². The van der Waals surface area contributed by atoms with Gasteiger partial charge in [0, 0.05) is 43.0 Å². The molecular weight excluding hydrogens is 361 g/mol. The predicted octanol–water partition coefficient (Wildman–Crippen LogP) is 3.67. The van der Waals surface area contributed by atoms with Crippen LogP contribution in [0.5, 0.6) is 0 Å². The van der Waals surface area contributed by atoms with Crippen molar-refractivity contribution in [2.45, 2.75) is 31.8 Å². The van der Waals surface area contributed by atoms with Crippen molar-refractivity contribution < 1.29 is 9.18 Å². The lowest BCUT2D eigenvalue weighted by molar-refractivity contribution is -0.123. The van der Waals surface area contributed by atoms with E-state index in [1.807, 2.05) is 12.1 Å². The third-order valence-electron chi connectivity index (χ3n) is 5.53. The van der Waals surface area contributed by atoms with E-state index in [1.165, 1.54) is 10.9 Å². The minimum absolute atomic E-state index is 0.0526. The Labute approximate surface area is 164 Å². The number of nitrogens with zero attached hydrogens (tertiary/aromatic N) is 2. The largest absolute Gasteiger partial charge is 0.367 e. The first kappa shape index (κ1) is 18.4. The van der Waals surface area contributed by atoms with Crippen molar-refractivity contribution in [2.24, 2.45) is 5.92 Å². The Morgan fingerprint density at radius 2 is 1.89 bits per heavy atom. The molecule has 27 heavy (non-hydrogen) atoms. The van der Waals surface area contributed by atoms with E-state index in [-0.39, 0.29) is 29.7 Å². The zero-order valence-electron chi connectivity index (χ0n) is 15.6. The second-order valence-electron chi connectivity index (χ2n) is 7.51. The lowest BCUT2D eigenvalue weighted by atomic mass is 10.0. The fraction of sp³-hybridized carbons (Fsp3) is 0.476. The van der Waals surface area contributed by atoms with Gasteiger partial charge in [0.1, 0.15) is 5.82 Å². The van der Waals surface area contributed by atoms with Gasteiger partial charge in [0.2, 0.25) is 5.91 Å². The molecule has 1 amide bonds. The molecule has 144 valence electrons. The number of carbonyl (C=O) groups excluding carboxylic acids is 1. The van der Waals surface area contributed by atoms with Crippen LogP contribution in [0.3, 0.4) is 0 Å². The smallest absolute Gasteiger partial charge is 0.223 e. The first-order valence-electron chi connectivity index (χ1n) is 9.71. The molecule has 6 heteroatoms. The van der Waals surface area contributed by atoms with Gasteiger partial charge in [-0.25, -0.2) is 4.39 Å². The van der Waals surface area contributed by atoms with Crippen molar-refractivity contribution in [3.05, 3.63) is 52.5 Å². The molecule has 2 aliphatic rings. The van der Waals surface area contributed by atoms with Gasteiger partial charge >= 0.3 is 0 Å². The van der Waals surface area contributed by atoms with E-state index in [0.29, 0.717) is 5.69 Å². The molecule has 1 aromatic heterocycles. The molecule has 0 spiro atoms. The second-order valence-corrected chi connectivity index (χ2v) is 8.49. The minimum Gasteiger partial charge on any atom is -0.367 e. The fourth-order valence-electron chi connectivity index (χ4n) is 3.92. The monoisotopic (exact) mass is 387 g/mol. The molecule has 4 rings (SSSR count). The zero-order chi connectivity index (χ0) is 18.8. The fourth-order valence-corrected chi connectivity index (χ4v) is 4.88. The van der Waals surface area contributed by atoms with Crippen molar-refractivity contribution in [3.8, 4) is 0 Å². The summed E-state index contributed by atoms with van der Waals surface area (Å²) in [6.45, 7) is 5.37. The molecule has 2 aromatic rings. The molecular formula is C21H26FN3OS. The third kappa shape index (κ3) is 4.17. The number of halogens is 1. The van der Waals surface area contributed by atoms with Crippen LogP contribution in [0.2, 0.25) is 0 Å². The number of para-hydroxylation sites is 1. The maximum Gasteiger partial charge on any atom is 0.223 e. The van der Waals surface area contributed by atoms with E-state index in [2.05, 4.69) is 39.6 Å². The molecule has 1 aliphatic heterocycles.